The van der Waals surface area contributed by atoms with Crippen LogP contribution in [0.2, 0.25) is 0 Å². The summed E-state index contributed by atoms with van der Waals surface area (Å²) in [5.41, 5.74) is 6.58. The van der Waals surface area contributed by atoms with Gasteiger partial charge in [-0.1, -0.05) is 0 Å². The molecule has 2 N–H and O–H groups in total. The lowest BCUT2D eigenvalue weighted by atomic mass is 10.2. The first-order chi connectivity index (χ1) is 7.29. The summed E-state index contributed by atoms with van der Waals surface area (Å²) in [5.74, 6) is 1.71. The Morgan fingerprint density at radius 3 is 3.07 bits per heavy atom. The molecule has 0 radical (unpaired) electrons. The van der Waals surface area contributed by atoms with Gasteiger partial charge in [-0.25, -0.2) is 0 Å². The van der Waals surface area contributed by atoms with Crippen molar-refractivity contribution in [1.82, 2.24) is 0 Å². The molecule has 0 saturated carbocycles. The van der Waals surface area contributed by atoms with Crippen molar-refractivity contribution < 1.29 is 13.9 Å². The first-order valence-electron chi connectivity index (χ1n) is 5.27. The van der Waals surface area contributed by atoms with Crippen LogP contribution >= 0.6 is 0 Å². The van der Waals surface area contributed by atoms with E-state index >= 15 is 0 Å². The van der Waals surface area contributed by atoms with Crippen molar-refractivity contribution in [2.45, 2.75) is 32.6 Å². The molecule has 2 rings (SSSR count). The molecule has 1 unspecified atom stereocenters. The normalized spacial score (nSPS) is 21.1. The third-order valence-electron chi connectivity index (χ3n) is 2.64. The van der Waals surface area contributed by atoms with Crippen molar-refractivity contribution in [3.05, 3.63) is 23.2 Å². The maximum absolute atomic E-state index is 5.70. The number of nitrogens with two attached hydrogens (primary N) is 1. The molecule has 0 aliphatic carbocycles. The highest BCUT2D eigenvalue weighted by Gasteiger charge is 2.17. The average Bonchev–Trinajstić information content (AvgIpc) is 2.84. The number of hydrogen-bond donors (Lipinski definition) is 1. The molecular formula is C11H17NO3. The first-order valence-corrected chi connectivity index (χ1v) is 5.27. The molecular weight excluding hydrogens is 194 g/mol. The molecule has 1 aliphatic heterocycles. The smallest absolute Gasteiger partial charge is 0.118 e. The van der Waals surface area contributed by atoms with Crippen LogP contribution in [0.5, 0.6) is 0 Å². The summed E-state index contributed by atoms with van der Waals surface area (Å²) in [6, 6.07) is 1.96. The van der Waals surface area contributed by atoms with Crippen molar-refractivity contribution in [2.24, 2.45) is 5.73 Å². The van der Waals surface area contributed by atoms with Crippen LogP contribution in [0.25, 0.3) is 0 Å². The summed E-state index contributed by atoms with van der Waals surface area (Å²) < 4.78 is 16.4. The van der Waals surface area contributed by atoms with E-state index in [1.54, 1.807) is 0 Å². The van der Waals surface area contributed by atoms with E-state index in [1.165, 1.54) is 0 Å². The summed E-state index contributed by atoms with van der Waals surface area (Å²) in [4.78, 5) is 0. The van der Waals surface area contributed by atoms with Gasteiger partial charge in [-0.15, -0.1) is 0 Å². The highest BCUT2D eigenvalue weighted by Crippen LogP contribution is 2.17. The van der Waals surface area contributed by atoms with Gasteiger partial charge in [0.1, 0.15) is 11.5 Å². The lowest BCUT2D eigenvalue weighted by Gasteiger charge is -2.08. The molecule has 0 bridgehead atoms. The number of rotatable bonds is 4. The van der Waals surface area contributed by atoms with Crippen molar-refractivity contribution >= 4 is 0 Å². The van der Waals surface area contributed by atoms with Crippen molar-refractivity contribution in [1.29, 1.82) is 0 Å². The van der Waals surface area contributed by atoms with E-state index in [1.807, 2.05) is 13.0 Å². The monoisotopic (exact) mass is 211 g/mol. The zero-order valence-electron chi connectivity index (χ0n) is 8.99. The van der Waals surface area contributed by atoms with Crippen molar-refractivity contribution in [3.8, 4) is 0 Å². The summed E-state index contributed by atoms with van der Waals surface area (Å²) in [6.07, 6.45) is 1.22. The maximum Gasteiger partial charge on any atom is 0.118 e. The van der Waals surface area contributed by atoms with Gasteiger partial charge >= 0.3 is 0 Å². The van der Waals surface area contributed by atoms with Crippen LogP contribution in [0.1, 0.15) is 23.5 Å². The Kier molecular flexibility index (Phi) is 3.41. The maximum atomic E-state index is 5.70. The van der Waals surface area contributed by atoms with Crippen LogP contribution in [0, 0.1) is 6.92 Å². The van der Waals surface area contributed by atoms with Gasteiger partial charge in [0, 0.05) is 12.2 Å². The van der Waals surface area contributed by atoms with Gasteiger partial charge in [0.15, 0.2) is 0 Å². The molecule has 1 saturated heterocycles. The van der Waals surface area contributed by atoms with E-state index in [4.69, 9.17) is 19.6 Å². The SMILES string of the molecule is Cc1oc(CN)cc1COC1CCOC1. The zero-order chi connectivity index (χ0) is 10.7. The molecule has 1 fully saturated rings. The Labute approximate surface area is 89.3 Å². The van der Waals surface area contributed by atoms with Crippen molar-refractivity contribution in [3.63, 3.8) is 0 Å². The van der Waals surface area contributed by atoms with E-state index in [9.17, 15) is 0 Å². The molecule has 0 aromatic carbocycles. The fraction of sp³-hybridized carbons (Fsp3) is 0.636. The Morgan fingerprint density at radius 1 is 1.60 bits per heavy atom. The minimum atomic E-state index is 0.237. The lowest BCUT2D eigenvalue weighted by Crippen LogP contribution is -2.11. The van der Waals surface area contributed by atoms with Gasteiger partial charge in [-0.2, -0.15) is 0 Å². The van der Waals surface area contributed by atoms with Crippen LogP contribution in [0.4, 0.5) is 0 Å². The van der Waals surface area contributed by atoms with E-state index < -0.39 is 0 Å². The fourth-order valence-electron chi connectivity index (χ4n) is 1.68. The average molecular weight is 211 g/mol. The number of hydrogen-bond acceptors (Lipinski definition) is 4. The van der Waals surface area contributed by atoms with Gasteiger partial charge in [0.2, 0.25) is 0 Å². The van der Waals surface area contributed by atoms with Crippen molar-refractivity contribution in [2.75, 3.05) is 13.2 Å². The predicted molar refractivity (Wildman–Crippen MR) is 55.3 cm³/mol. The molecule has 1 atom stereocenters. The summed E-state index contributed by atoms with van der Waals surface area (Å²) in [6.45, 7) is 4.48. The Balaban J connectivity index is 1.89. The molecule has 15 heavy (non-hydrogen) atoms. The van der Waals surface area contributed by atoms with Crippen LogP contribution in [-0.2, 0) is 22.6 Å². The van der Waals surface area contributed by atoms with E-state index in [-0.39, 0.29) is 6.10 Å². The molecule has 4 nitrogen and oxygen atoms in total. The third-order valence-corrected chi connectivity index (χ3v) is 2.64. The number of aryl methyl sites for hydroxylation is 1. The molecule has 4 heteroatoms. The molecule has 0 amide bonds. The van der Waals surface area contributed by atoms with Crippen LogP contribution in [0.15, 0.2) is 10.5 Å². The minimum Gasteiger partial charge on any atom is -0.465 e. The fourth-order valence-corrected chi connectivity index (χ4v) is 1.68. The highest BCUT2D eigenvalue weighted by molar-refractivity contribution is 5.19. The Hall–Kier alpha value is -0.840. The van der Waals surface area contributed by atoms with Gasteiger partial charge in [0.25, 0.3) is 0 Å². The Morgan fingerprint density at radius 2 is 2.47 bits per heavy atom. The van der Waals surface area contributed by atoms with Gasteiger partial charge in [-0.05, 0) is 19.4 Å². The first kappa shape index (κ1) is 10.7. The second-order valence-electron chi connectivity index (χ2n) is 3.79. The predicted octanol–water partition coefficient (Wildman–Crippen LogP) is 1.35. The molecule has 2 heterocycles. The molecule has 0 spiro atoms. The highest BCUT2D eigenvalue weighted by atomic mass is 16.5. The summed E-state index contributed by atoms with van der Waals surface area (Å²) in [5, 5.41) is 0. The lowest BCUT2D eigenvalue weighted by molar-refractivity contribution is 0.0312. The summed E-state index contributed by atoms with van der Waals surface area (Å²) in [7, 11) is 0. The minimum absolute atomic E-state index is 0.237. The topological polar surface area (TPSA) is 57.6 Å². The molecule has 1 aromatic heterocycles. The largest absolute Gasteiger partial charge is 0.465 e. The van der Waals surface area contributed by atoms with Gasteiger partial charge in [0.05, 0.1) is 25.9 Å². The molecule has 1 aromatic rings. The number of furan rings is 1. The zero-order valence-corrected chi connectivity index (χ0v) is 8.99. The van der Waals surface area contributed by atoms with Crippen LogP contribution in [-0.4, -0.2) is 19.3 Å². The second-order valence-corrected chi connectivity index (χ2v) is 3.79. The second kappa shape index (κ2) is 4.79. The Bertz CT molecular complexity index is 316. The molecule has 1 aliphatic rings. The van der Waals surface area contributed by atoms with Crippen LogP contribution < -0.4 is 5.73 Å². The number of ether oxygens (including phenoxy) is 2. The van der Waals surface area contributed by atoms with E-state index in [2.05, 4.69) is 0 Å². The van der Waals surface area contributed by atoms with Gasteiger partial charge < -0.3 is 19.6 Å². The standard InChI is InChI=1S/C11H17NO3/c1-8-9(4-11(5-12)15-8)6-14-10-2-3-13-7-10/h4,10H,2-3,5-7,12H2,1H3. The van der Waals surface area contributed by atoms with Gasteiger partial charge in [-0.3, -0.25) is 0 Å². The van der Waals surface area contributed by atoms with E-state index in [0.717, 1.165) is 30.1 Å². The molecule has 84 valence electrons. The summed E-state index contributed by atoms with van der Waals surface area (Å²) >= 11 is 0. The van der Waals surface area contributed by atoms with Crippen LogP contribution in [0.3, 0.4) is 0 Å². The van der Waals surface area contributed by atoms with E-state index in [0.29, 0.717) is 19.8 Å². The quantitative estimate of drug-likeness (QED) is 0.816. The third kappa shape index (κ3) is 2.59.